The number of aromatic nitrogens is 2. The van der Waals surface area contributed by atoms with Gasteiger partial charge in [-0.3, -0.25) is 9.97 Å². The molecule has 2 heterocycles. The third-order valence-corrected chi connectivity index (χ3v) is 3.71. The molecule has 1 N–H and O–H groups in total. The van der Waals surface area contributed by atoms with Crippen LogP contribution < -0.4 is 5.32 Å². The van der Waals surface area contributed by atoms with E-state index in [1.165, 1.54) is 11.1 Å². The molecule has 0 aliphatic rings. The largest absolute Gasteiger partial charge is 0.308 e. The van der Waals surface area contributed by atoms with Gasteiger partial charge in [-0.05, 0) is 62.4 Å². The summed E-state index contributed by atoms with van der Waals surface area (Å²) in [5.74, 6) is 0. The molecule has 1 atom stereocenters. The maximum absolute atomic E-state index is 4.55. The first-order valence-electron chi connectivity index (χ1n) is 7.14. The number of fused-ring (bicyclic) bond motifs is 1. The number of rotatable bonds is 3. The summed E-state index contributed by atoms with van der Waals surface area (Å²) in [6, 6.07) is 14.8. The number of pyridine rings is 2. The highest BCUT2D eigenvalue weighted by atomic mass is 14.9. The van der Waals surface area contributed by atoms with Gasteiger partial charge in [0.2, 0.25) is 0 Å². The summed E-state index contributed by atoms with van der Waals surface area (Å²) >= 11 is 0. The Labute approximate surface area is 125 Å². The molecule has 1 aromatic carbocycles. The van der Waals surface area contributed by atoms with Crippen molar-refractivity contribution >= 4 is 10.9 Å². The Hall–Kier alpha value is -2.26. The predicted octanol–water partition coefficient (Wildman–Crippen LogP) is 3.56. The fourth-order valence-corrected chi connectivity index (χ4v) is 2.63. The Bertz CT molecular complexity index is 780. The van der Waals surface area contributed by atoms with Gasteiger partial charge >= 0.3 is 0 Å². The van der Waals surface area contributed by atoms with Crippen molar-refractivity contribution in [2.24, 2.45) is 0 Å². The highest BCUT2D eigenvalue weighted by Crippen LogP contribution is 2.24. The van der Waals surface area contributed by atoms with E-state index in [1.807, 2.05) is 32.3 Å². The maximum Gasteiger partial charge on any atom is 0.0749 e. The average molecular weight is 277 g/mol. The van der Waals surface area contributed by atoms with Crippen molar-refractivity contribution in [1.82, 2.24) is 15.3 Å². The molecule has 3 rings (SSSR count). The van der Waals surface area contributed by atoms with Crippen molar-refractivity contribution < 1.29 is 0 Å². The smallest absolute Gasteiger partial charge is 0.0749 e. The minimum absolute atomic E-state index is 0.0932. The quantitative estimate of drug-likeness (QED) is 0.795. The van der Waals surface area contributed by atoms with Gasteiger partial charge in [-0.25, -0.2) is 0 Å². The van der Waals surface area contributed by atoms with E-state index >= 15 is 0 Å². The van der Waals surface area contributed by atoms with E-state index in [2.05, 4.69) is 52.5 Å². The Morgan fingerprint density at radius 2 is 1.86 bits per heavy atom. The second-order valence-electron chi connectivity index (χ2n) is 5.38. The third kappa shape index (κ3) is 2.78. The Morgan fingerprint density at radius 1 is 1.00 bits per heavy atom. The average Bonchev–Trinajstić information content (AvgIpc) is 2.48. The number of hydrogen-bond acceptors (Lipinski definition) is 3. The lowest BCUT2D eigenvalue weighted by Gasteiger charge is -2.17. The van der Waals surface area contributed by atoms with Crippen molar-refractivity contribution in [2.45, 2.75) is 19.9 Å². The number of nitrogens with one attached hydrogen (secondary N) is 1. The normalized spacial score (nSPS) is 12.5. The molecule has 3 aromatic rings. The van der Waals surface area contributed by atoms with Gasteiger partial charge in [-0.2, -0.15) is 0 Å². The SMILES string of the molecule is CNC(c1ccc2nc(C)ccc2c1)c1cc(C)ccn1. The van der Waals surface area contributed by atoms with E-state index in [4.69, 9.17) is 0 Å². The molecule has 1 unspecified atom stereocenters. The van der Waals surface area contributed by atoms with E-state index in [0.717, 1.165) is 22.3 Å². The monoisotopic (exact) mass is 277 g/mol. The van der Waals surface area contributed by atoms with E-state index in [1.54, 1.807) is 0 Å². The molecular weight excluding hydrogens is 258 g/mol. The lowest BCUT2D eigenvalue weighted by atomic mass is 10.00. The zero-order valence-corrected chi connectivity index (χ0v) is 12.6. The van der Waals surface area contributed by atoms with Gasteiger partial charge in [0.25, 0.3) is 0 Å². The van der Waals surface area contributed by atoms with Crippen LogP contribution in [0.25, 0.3) is 10.9 Å². The van der Waals surface area contributed by atoms with Gasteiger partial charge in [-0.1, -0.05) is 12.1 Å². The maximum atomic E-state index is 4.55. The zero-order chi connectivity index (χ0) is 14.8. The molecule has 106 valence electrons. The zero-order valence-electron chi connectivity index (χ0n) is 12.6. The van der Waals surface area contributed by atoms with Crippen molar-refractivity contribution in [3.05, 3.63) is 71.2 Å². The van der Waals surface area contributed by atoms with Crippen LogP contribution in [-0.2, 0) is 0 Å². The van der Waals surface area contributed by atoms with E-state index in [9.17, 15) is 0 Å². The lowest BCUT2D eigenvalue weighted by Crippen LogP contribution is -2.19. The van der Waals surface area contributed by atoms with Crippen LogP contribution in [-0.4, -0.2) is 17.0 Å². The van der Waals surface area contributed by atoms with Gasteiger partial charge in [0.1, 0.15) is 0 Å². The van der Waals surface area contributed by atoms with Gasteiger partial charge in [0.15, 0.2) is 0 Å². The van der Waals surface area contributed by atoms with Crippen molar-refractivity contribution in [1.29, 1.82) is 0 Å². The predicted molar refractivity (Wildman–Crippen MR) is 86.4 cm³/mol. The van der Waals surface area contributed by atoms with Crippen LogP contribution in [0.1, 0.15) is 28.6 Å². The second-order valence-corrected chi connectivity index (χ2v) is 5.38. The van der Waals surface area contributed by atoms with Gasteiger partial charge in [0.05, 0.1) is 17.3 Å². The molecule has 0 fully saturated rings. The lowest BCUT2D eigenvalue weighted by molar-refractivity contribution is 0.671. The molecule has 0 amide bonds. The Kier molecular flexibility index (Phi) is 3.67. The molecule has 0 aliphatic heterocycles. The summed E-state index contributed by atoms with van der Waals surface area (Å²) < 4.78 is 0. The Morgan fingerprint density at radius 3 is 2.62 bits per heavy atom. The molecule has 2 aromatic heterocycles. The van der Waals surface area contributed by atoms with Crippen molar-refractivity contribution in [2.75, 3.05) is 7.05 Å². The summed E-state index contributed by atoms with van der Waals surface area (Å²) in [5, 5.41) is 4.51. The van der Waals surface area contributed by atoms with Gasteiger partial charge in [0, 0.05) is 17.3 Å². The molecule has 0 saturated heterocycles. The number of hydrogen-bond donors (Lipinski definition) is 1. The molecule has 0 bridgehead atoms. The number of nitrogens with zero attached hydrogens (tertiary/aromatic N) is 2. The van der Waals surface area contributed by atoms with Crippen LogP contribution in [0, 0.1) is 13.8 Å². The first kappa shape index (κ1) is 13.7. The second kappa shape index (κ2) is 5.62. The molecule has 0 saturated carbocycles. The molecular formula is C18H19N3. The first-order chi connectivity index (χ1) is 10.2. The molecule has 0 aliphatic carbocycles. The molecule has 3 nitrogen and oxygen atoms in total. The molecule has 21 heavy (non-hydrogen) atoms. The summed E-state index contributed by atoms with van der Waals surface area (Å²) in [7, 11) is 1.96. The minimum Gasteiger partial charge on any atom is -0.308 e. The van der Waals surface area contributed by atoms with Gasteiger partial charge in [-0.15, -0.1) is 0 Å². The minimum atomic E-state index is 0.0932. The van der Waals surface area contributed by atoms with Crippen LogP contribution in [0.4, 0.5) is 0 Å². The fraction of sp³-hybridized carbons (Fsp3) is 0.222. The summed E-state index contributed by atoms with van der Waals surface area (Å²) in [5.41, 5.74) is 5.54. The number of benzene rings is 1. The molecule has 3 heteroatoms. The Balaban J connectivity index is 2.06. The summed E-state index contributed by atoms with van der Waals surface area (Å²) in [6.07, 6.45) is 1.86. The van der Waals surface area contributed by atoms with Gasteiger partial charge < -0.3 is 5.32 Å². The van der Waals surface area contributed by atoms with E-state index in [-0.39, 0.29) is 6.04 Å². The third-order valence-electron chi connectivity index (χ3n) is 3.71. The molecule has 0 radical (unpaired) electrons. The fourth-order valence-electron chi connectivity index (χ4n) is 2.63. The molecule has 0 spiro atoms. The topological polar surface area (TPSA) is 37.8 Å². The highest BCUT2D eigenvalue weighted by Gasteiger charge is 2.14. The van der Waals surface area contributed by atoms with Crippen molar-refractivity contribution in [3.63, 3.8) is 0 Å². The van der Waals surface area contributed by atoms with Crippen LogP contribution in [0.2, 0.25) is 0 Å². The van der Waals surface area contributed by atoms with Crippen LogP contribution in [0.5, 0.6) is 0 Å². The van der Waals surface area contributed by atoms with Crippen LogP contribution in [0.3, 0.4) is 0 Å². The summed E-state index contributed by atoms with van der Waals surface area (Å²) in [6.45, 7) is 4.10. The summed E-state index contributed by atoms with van der Waals surface area (Å²) in [4.78, 5) is 9.06. The van der Waals surface area contributed by atoms with Crippen molar-refractivity contribution in [3.8, 4) is 0 Å². The highest BCUT2D eigenvalue weighted by molar-refractivity contribution is 5.79. The van der Waals surface area contributed by atoms with Crippen LogP contribution >= 0.6 is 0 Å². The number of aryl methyl sites for hydroxylation is 2. The van der Waals surface area contributed by atoms with E-state index < -0.39 is 0 Å². The van der Waals surface area contributed by atoms with Crippen LogP contribution in [0.15, 0.2) is 48.7 Å². The standard InChI is InChI=1S/C18H19N3/c1-12-8-9-20-17(10-12)18(19-3)15-6-7-16-14(11-15)5-4-13(2)21-16/h4-11,18-19H,1-3H3. The van der Waals surface area contributed by atoms with E-state index in [0.29, 0.717) is 0 Å². The first-order valence-corrected chi connectivity index (χ1v) is 7.14.